The third-order valence-corrected chi connectivity index (χ3v) is 7.07. The number of nitrogens with one attached hydrogen (secondary N) is 1. The molecule has 3 aromatic carbocycles. The smallest absolute Gasteiger partial charge is 0.236 e. The van der Waals surface area contributed by atoms with Crippen molar-refractivity contribution in [3.05, 3.63) is 106 Å². The van der Waals surface area contributed by atoms with Gasteiger partial charge in [-0.25, -0.2) is 0 Å². The molecule has 6 nitrogen and oxygen atoms in total. The molecular formula is C33H39N3O3. The first kappa shape index (κ1) is 28.1. The van der Waals surface area contributed by atoms with E-state index in [1.165, 1.54) is 5.56 Å². The Balaban J connectivity index is 1.68. The van der Waals surface area contributed by atoms with Crippen molar-refractivity contribution >= 4 is 11.6 Å². The highest BCUT2D eigenvalue weighted by Crippen LogP contribution is 2.35. The lowest BCUT2D eigenvalue weighted by atomic mass is 9.74. The highest BCUT2D eigenvalue weighted by Gasteiger charge is 2.41. The SMILES string of the molecule is COc1ccc(CNC(=O)C2(c3cc(C)cc(C)c3)C=C(C)C(c3cccc(CN(C)C)c3)=NC2)cc1OC. The van der Waals surface area contributed by atoms with Gasteiger partial charge in [0.2, 0.25) is 5.91 Å². The van der Waals surface area contributed by atoms with E-state index in [0.29, 0.717) is 24.6 Å². The summed E-state index contributed by atoms with van der Waals surface area (Å²) in [5.74, 6) is 1.21. The molecule has 3 aromatic rings. The van der Waals surface area contributed by atoms with Gasteiger partial charge in [-0.15, -0.1) is 0 Å². The van der Waals surface area contributed by atoms with Crippen LogP contribution < -0.4 is 14.8 Å². The molecule has 1 amide bonds. The number of nitrogens with zero attached hydrogens (tertiary/aromatic N) is 2. The molecule has 0 spiro atoms. The molecule has 0 aliphatic carbocycles. The van der Waals surface area contributed by atoms with Gasteiger partial charge < -0.3 is 19.7 Å². The number of rotatable bonds is 9. The molecule has 0 bridgehead atoms. The average molecular weight is 526 g/mol. The van der Waals surface area contributed by atoms with E-state index in [0.717, 1.165) is 45.6 Å². The normalized spacial score (nSPS) is 16.9. The van der Waals surface area contributed by atoms with Crippen molar-refractivity contribution in [2.24, 2.45) is 4.99 Å². The first-order valence-electron chi connectivity index (χ1n) is 13.2. The quantitative estimate of drug-likeness (QED) is 0.407. The molecule has 204 valence electrons. The molecule has 1 unspecified atom stereocenters. The topological polar surface area (TPSA) is 63.2 Å². The van der Waals surface area contributed by atoms with Gasteiger partial charge in [0, 0.05) is 18.7 Å². The van der Waals surface area contributed by atoms with Gasteiger partial charge in [-0.05, 0) is 75.3 Å². The third-order valence-electron chi connectivity index (χ3n) is 7.07. The summed E-state index contributed by atoms with van der Waals surface area (Å²) in [7, 11) is 7.35. The Hall–Kier alpha value is -3.90. The molecule has 0 radical (unpaired) electrons. The minimum Gasteiger partial charge on any atom is -0.493 e. The van der Waals surface area contributed by atoms with E-state index in [1.807, 2.05) is 18.2 Å². The Morgan fingerprint density at radius 2 is 1.64 bits per heavy atom. The maximum absolute atomic E-state index is 14.1. The summed E-state index contributed by atoms with van der Waals surface area (Å²) in [4.78, 5) is 21.3. The summed E-state index contributed by atoms with van der Waals surface area (Å²) in [5.41, 5.74) is 7.43. The molecule has 1 atom stereocenters. The molecular weight excluding hydrogens is 486 g/mol. The molecule has 4 rings (SSSR count). The number of methoxy groups -OCH3 is 2. The lowest BCUT2D eigenvalue weighted by molar-refractivity contribution is -0.125. The van der Waals surface area contributed by atoms with E-state index in [4.69, 9.17) is 14.5 Å². The van der Waals surface area contributed by atoms with Gasteiger partial charge in [0.1, 0.15) is 5.41 Å². The van der Waals surface area contributed by atoms with Crippen LogP contribution in [0.4, 0.5) is 0 Å². The van der Waals surface area contributed by atoms with Crippen molar-refractivity contribution < 1.29 is 14.3 Å². The van der Waals surface area contributed by atoms with Gasteiger partial charge in [-0.3, -0.25) is 9.79 Å². The van der Waals surface area contributed by atoms with E-state index >= 15 is 0 Å². The maximum Gasteiger partial charge on any atom is 0.236 e. The number of ether oxygens (including phenoxy) is 2. The molecule has 0 fully saturated rings. The second kappa shape index (κ2) is 11.9. The highest BCUT2D eigenvalue weighted by molar-refractivity contribution is 6.14. The Morgan fingerprint density at radius 1 is 0.923 bits per heavy atom. The fourth-order valence-corrected chi connectivity index (χ4v) is 5.32. The Labute approximate surface area is 232 Å². The van der Waals surface area contributed by atoms with Crippen molar-refractivity contribution in [1.82, 2.24) is 10.2 Å². The summed E-state index contributed by atoms with van der Waals surface area (Å²) in [6.45, 7) is 7.73. The van der Waals surface area contributed by atoms with E-state index in [-0.39, 0.29) is 5.91 Å². The minimum atomic E-state index is -0.915. The molecule has 1 N–H and O–H groups in total. The van der Waals surface area contributed by atoms with E-state index in [9.17, 15) is 4.79 Å². The van der Waals surface area contributed by atoms with E-state index < -0.39 is 5.41 Å². The summed E-state index contributed by atoms with van der Waals surface area (Å²) >= 11 is 0. The van der Waals surface area contributed by atoms with Crippen LogP contribution in [0, 0.1) is 13.8 Å². The van der Waals surface area contributed by atoms with E-state index in [2.05, 4.69) is 93.6 Å². The van der Waals surface area contributed by atoms with Gasteiger partial charge in [0.15, 0.2) is 11.5 Å². The minimum absolute atomic E-state index is 0.0780. The molecule has 0 aromatic heterocycles. The zero-order valence-corrected chi connectivity index (χ0v) is 24.1. The average Bonchev–Trinajstić information content (AvgIpc) is 2.90. The lowest BCUT2D eigenvalue weighted by Crippen LogP contribution is -2.47. The highest BCUT2D eigenvalue weighted by atomic mass is 16.5. The molecule has 6 heteroatoms. The van der Waals surface area contributed by atoms with Crippen LogP contribution in [-0.4, -0.2) is 51.4 Å². The van der Waals surface area contributed by atoms with Crippen molar-refractivity contribution in [3.63, 3.8) is 0 Å². The van der Waals surface area contributed by atoms with Crippen molar-refractivity contribution in [2.75, 3.05) is 34.9 Å². The van der Waals surface area contributed by atoms with Gasteiger partial charge in [0.05, 0.1) is 26.5 Å². The summed E-state index contributed by atoms with van der Waals surface area (Å²) in [6, 6.07) is 20.5. The van der Waals surface area contributed by atoms with Crippen LogP contribution in [0.15, 0.2) is 77.3 Å². The Morgan fingerprint density at radius 3 is 2.28 bits per heavy atom. The summed E-state index contributed by atoms with van der Waals surface area (Å²) in [5, 5.41) is 3.19. The Bertz CT molecular complexity index is 1400. The summed E-state index contributed by atoms with van der Waals surface area (Å²) in [6.07, 6.45) is 2.10. The van der Waals surface area contributed by atoms with Gasteiger partial charge in [0.25, 0.3) is 0 Å². The predicted octanol–water partition coefficient (Wildman–Crippen LogP) is 5.39. The number of aliphatic imine (C=N–C) groups is 1. The standard InChI is InChI=1S/C33H39N3O3/c1-22-13-23(2)15-28(14-22)33(32(37)34-19-25-11-12-29(38-6)30(17-25)39-7)18-24(3)31(35-21-33)27-10-8-9-26(16-27)20-36(4)5/h8-18H,19-21H2,1-7H3,(H,34,37). The van der Waals surface area contributed by atoms with Crippen LogP contribution in [0.5, 0.6) is 11.5 Å². The number of carbonyl (C=O) groups excluding carboxylic acids is 1. The fraction of sp³-hybridized carbons (Fsp3) is 0.333. The number of dihydropyridines is 1. The largest absolute Gasteiger partial charge is 0.493 e. The number of carbonyl (C=O) groups is 1. The van der Waals surface area contributed by atoms with Crippen LogP contribution in [0.25, 0.3) is 0 Å². The van der Waals surface area contributed by atoms with Crippen LogP contribution in [0.2, 0.25) is 0 Å². The second-order valence-electron chi connectivity index (χ2n) is 10.7. The predicted molar refractivity (Wildman–Crippen MR) is 158 cm³/mol. The first-order valence-corrected chi connectivity index (χ1v) is 13.2. The number of allylic oxidation sites excluding steroid dienone is 1. The monoisotopic (exact) mass is 525 g/mol. The van der Waals surface area contributed by atoms with Gasteiger partial charge >= 0.3 is 0 Å². The summed E-state index contributed by atoms with van der Waals surface area (Å²) < 4.78 is 10.8. The number of aryl methyl sites for hydroxylation is 2. The zero-order valence-electron chi connectivity index (χ0n) is 24.1. The van der Waals surface area contributed by atoms with Crippen LogP contribution >= 0.6 is 0 Å². The number of amides is 1. The van der Waals surface area contributed by atoms with E-state index in [1.54, 1.807) is 14.2 Å². The number of hydrogen-bond acceptors (Lipinski definition) is 5. The van der Waals surface area contributed by atoms with Crippen LogP contribution in [0.1, 0.15) is 40.3 Å². The van der Waals surface area contributed by atoms with Crippen molar-refractivity contribution in [2.45, 2.75) is 39.3 Å². The van der Waals surface area contributed by atoms with Crippen LogP contribution in [0.3, 0.4) is 0 Å². The number of hydrogen-bond donors (Lipinski definition) is 1. The maximum atomic E-state index is 14.1. The van der Waals surface area contributed by atoms with Gasteiger partial charge in [-0.1, -0.05) is 59.7 Å². The van der Waals surface area contributed by atoms with Crippen molar-refractivity contribution in [3.8, 4) is 11.5 Å². The van der Waals surface area contributed by atoms with Gasteiger partial charge in [-0.2, -0.15) is 0 Å². The molecule has 1 aliphatic heterocycles. The van der Waals surface area contributed by atoms with Crippen molar-refractivity contribution in [1.29, 1.82) is 0 Å². The number of benzene rings is 3. The molecule has 1 aliphatic rings. The molecule has 1 heterocycles. The fourth-order valence-electron chi connectivity index (χ4n) is 5.32. The third kappa shape index (κ3) is 6.23. The second-order valence-corrected chi connectivity index (χ2v) is 10.7. The Kier molecular flexibility index (Phi) is 8.56. The first-order chi connectivity index (χ1) is 18.6. The molecule has 0 saturated carbocycles. The zero-order chi connectivity index (χ0) is 28.2. The molecule has 39 heavy (non-hydrogen) atoms. The van der Waals surface area contributed by atoms with Crippen LogP contribution in [-0.2, 0) is 23.3 Å². The lowest BCUT2D eigenvalue weighted by Gasteiger charge is -2.33. The molecule has 0 saturated heterocycles.